The molecule has 0 aromatic heterocycles. The van der Waals surface area contributed by atoms with Gasteiger partial charge in [0.2, 0.25) is 0 Å². The molecular formula is C15H16. The highest BCUT2D eigenvalue weighted by Crippen LogP contribution is 2.21. The zero-order chi connectivity index (χ0) is 11.3. The highest BCUT2D eigenvalue weighted by atomic mass is 14.0. The molecular weight excluding hydrogens is 180 g/mol. The average molecular weight is 196 g/mol. The van der Waals surface area contributed by atoms with E-state index in [1.807, 2.05) is 26.0 Å². The first-order chi connectivity index (χ1) is 7.33. The second-order valence-electron chi connectivity index (χ2n) is 3.12. The molecule has 0 aliphatic rings. The van der Waals surface area contributed by atoms with Gasteiger partial charge in [-0.25, -0.2) is 0 Å². The van der Waals surface area contributed by atoms with Crippen molar-refractivity contribution < 1.29 is 0 Å². The van der Waals surface area contributed by atoms with Crippen LogP contribution in [0.5, 0.6) is 0 Å². The van der Waals surface area contributed by atoms with E-state index in [-0.39, 0.29) is 0 Å². The summed E-state index contributed by atoms with van der Waals surface area (Å²) in [7, 11) is 0. The number of fused-ring (bicyclic) bond motifs is 1. The minimum atomic E-state index is 0.982. The fourth-order valence-electron chi connectivity index (χ4n) is 1.65. The minimum absolute atomic E-state index is 0.982. The first-order valence-electron chi connectivity index (χ1n) is 5.28. The fourth-order valence-corrected chi connectivity index (χ4v) is 1.65. The molecule has 0 unspecified atom stereocenters. The van der Waals surface area contributed by atoms with Crippen molar-refractivity contribution in [3.63, 3.8) is 0 Å². The van der Waals surface area contributed by atoms with Gasteiger partial charge in [-0.15, -0.1) is 6.42 Å². The van der Waals surface area contributed by atoms with Crippen LogP contribution in [0.2, 0.25) is 0 Å². The van der Waals surface area contributed by atoms with Crippen LogP contribution in [-0.2, 0) is 0 Å². The van der Waals surface area contributed by atoms with Gasteiger partial charge in [0.1, 0.15) is 0 Å². The lowest BCUT2D eigenvalue weighted by Gasteiger charge is -2.03. The molecule has 0 radical (unpaired) electrons. The summed E-state index contributed by atoms with van der Waals surface area (Å²) in [6, 6.07) is 12.3. The molecule has 0 nitrogen and oxygen atoms in total. The number of terminal acetylenes is 1. The topological polar surface area (TPSA) is 0 Å². The van der Waals surface area contributed by atoms with E-state index in [4.69, 9.17) is 6.42 Å². The van der Waals surface area contributed by atoms with E-state index < -0.39 is 0 Å². The van der Waals surface area contributed by atoms with Crippen LogP contribution in [0.1, 0.15) is 25.0 Å². The molecule has 0 aliphatic carbocycles. The molecule has 76 valence electrons. The molecule has 0 N–H and O–H groups in total. The summed E-state index contributed by atoms with van der Waals surface area (Å²) in [5.41, 5.74) is 2.22. The summed E-state index contributed by atoms with van der Waals surface area (Å²) in [5, 5.41) is 2.42. The van der Waals surface area contributed by atoms with Crippen molar-refractivity contribution in [1.82, 2.24) is 0 Å². The highest BCUT2D eigenvalue weighted by Gasteiger charge is 1.99. The largest absolute Gasteiger partial charge is 0.115 e. The van der Waals surface area contributed by atoms with Gasteiger partial charge < -0.3 is 0 Å². The van der Waals surface area contributed by atoms with Crippen LogP contribution in [0, 0.1) is 19.3 Å². The Kier molecular flexibility index (Phi) is 3.94. The first kappa shape index (κ1) is 11.3. The molecule has 0 heteroatoms. The predicted molar refractivity (Wildman–Crippen MR) is 68.0 cm³/mol. The van der Waals surface area contributed by atoms with Gasteiger partial charge in [-0.1, -0.05) is 50.1 Å². The Morgan fingerprint density at radius 1 is 1.00 bits per heavy atom. The number of rotatable bonds is 0. The van der Waals surface area contributed by atoms with Gasteiger partial charge in [0.25, 0.3) is 0 Å². The Morgan fingerprint density at radius 3 is 2.20 bits per heavy atom. The van der Waals surface area contributed by atoms with Crippen molar-refractivity contribution in [2.75, 3.05) is 0 Å². The van der Waals surface area contributed by atoms with Gasteiger partial charge in [-0.05, 0) is 23.9 Å². The van der Waals surface area contributed by atoms with Crippen molar-refractivity contribution in [1.29, 1.82) is 0 Å². The molecule has 15 heavy (non-hydrogen) atoms. The third-order valence-electron chi connectivity index (χ3n) is 2.27. The van der Waals surface area contributed by atoms with E-state index >= 15 is 0 Å². The maximum Gasteiger partial charge on any atom is 0.0323 e. The van der Waals surface area contributed by atoms with Crippen LogP contribution < -0.4 is 0 Å². The third-order valence-corrected chi connectivity index (χ3v) is 2.27. The van der Waals surface area contributed by atoms with E-state index in [1.165, 1.54) is 16.3 Å². The average Bonchev–Trinajstić information content (AvgIpc) is 2.31. The maximum absolute atomic E-state index is 5.43. The Morgan fingerprint density at radius 2 is 1.60 bits per heavy atom. The van der Waals surface area contributed by atoms with Crippen molar-refractivity contribution in [2.24, 2.45) is 0 Å². The van der Waals surface area contributed by atoms with Crippen molar-refractivity contribution in [3.8, 4) is 12.3 Å². The zero-order valence-corrected chi connectivity index (χ0v) is 9.54. The van der Waals surface area contributed by atoms with Crippen LogP contribution in [0.4, 0.5) is 0 Å². The molecule has 2 rings (SSSR count). The smallest absolute Gasteiger partial charge is 0.0323 e. The SMILES string of the molecule is C#Cc1cccc2cccc(C)c12.CC. The monoisotopic (exact) mass is 196 g/mol. The summed E-state index contributed by atoms with van der Waals surface area (Å²) in [6.45, 7) is 6.09. The second-order valence-corrected chi connectivity index (χ2v) is 3.12. The van der Waals surface area contributed by atoms with E-state index in [0.717, 1.165) is 5.56 Å². The molecule has 2 aromatic rings. The van der Waals surface area contributed by atoms with Gasteiger partial charge in [0, 0.05) is 10.9 Å². The molecule has 0 bridgehead atoms. The number of aryl methyl sites for hydroxylation is 1. The summed E-state index contributed by atoms with van der Waals surface area (Å²) >= 11 is 0. The number of hydrogen-bond acceptors (Lipinski definition) is 0. The van der Waals surface area contributed by atoms with Crippen LogP contribution in [0.3, 0.4) is 0 Å². The maximum atomic E-state index is 5.43. The van der Waals surface area contributed by atoms with Crippen LogP contribution in [-0.4, -0.2) is 0 Å². The normalized spacial score (nSPS) is 8.93. The Bertz CT molecular complexity index is 482. The van der Waals surface area contributed by atoms with E-state index in [0.29, 0.717) is 0 Å². The van der Waals surface area contributed by atoms with Gasteiger partial charge >= 0.3 is 0 Å². The molecule has 0 saturated heterocycles. The van der Waals surface area contributed by atoms with E-state index in [1.54, 1.807) is 0 Å². The van der Waals surface area contributed by atoms with Crippen LogP contribution >= 0.6 is 0 Å². The van der Waals surface area contributed by atoms with Gasteiger partial charge in [0.05, 0.1) is 0 Å². The van der Waals surface area contributed by atoms with Crippen molar-refractivity contribution in [3.05, 3.63) is 47.5 Å². The minimum Gasteiger partial charge on any atom is -0.115 e. The highest BCUT2D eigenvalue weighted by molar-refractivity contribution is 5.90. The van der Waals surface area contributed by atoms with Gasteiger partial charge in [0.15, 0.2) is 0 Å². The second kappa shape index (κ2) is 5.22. The van der Waals surface area contributed by atoms with Gasteiger partial charge in [-0.3, -0.25) is 0 Å². The molecule has 0 amide bonds. The first-order valence-corrected chi connectivity index (χ1v) is 5.28. The number of hydrogen-bond donors (Lipinski definition) is 0. The third kappa shape index (κ3) is 2.19. The lowest BCUT2D eigenvalue weighted by Crippen LogP contribution is -1.82. The van der Waals surface area contributed by atoms with E-state index in [2.05, 4.69) is 37.1 Å². The Balaban J connectivity index is 0.000000531. The van der Waals surface area contributed by atoms with Crippen LogP contribution in [0.25, 0.3) is 10.8 Å². The fraction of sp³-hybridized carbons (Fsp3) is 0.200. The lowest BCUT2D eigenvalue weighted by atomic mass is 10.0. The van der Waals surface area contributed by atoms with Crippen LogP contribution in [0.15, 0.2) is 36.4 Å². The van der Waals surface area contributed by atoms with Crippen molar-refractivity contribution >= 4 is 10.8 Å². The molecule has 0 saturated carbocycles. The number of benzene rings is 2. The summed E-state index contributed by atoms with van der Waals surface area (Å²) in [4.78, 5) is 0. The Labute approximate surface area is 91.9 Å². The molecule has 2 aromatic carbocycles. The molecule has 0 atom stereocenters. The molecule has 0 heterocycles. The summed E-state index contributed by atoms with van der Waals surface area (Å²) in [5.74, 6) is 2.71. The summed E-state index contributed by atoms with van der Waals surface area (Å²) in [6.07, 6.45) is 5.43. The quantitative estimate of drug-likeness (QED) is 0.555. The lowest BCUT2D eigenvalue weighted by molar-refractivity contribution is 1.50. The van der Waals surface area contributed by atoms with Crippen molar-refractivity contribution in [2.45, 2.75) is 20.8 Å². The standard InChI is InChI=1S/C13H10.C2H6/c1-3-11-7-5-9-12-8-4-6-10(2)13(11)12;1-2/h1,4-9H,2H3;1-2H3. The summed E-state index contributed by atoms with van der Waals surface area (Å²) < 4.78 is 0. The Hall–Kier alpha value is -1.74. The predicted octanol–water partition coefficient (Wildman–Crippen LogP) is 4.16. The van der Waals surface area contributed by atoms with Gasteiger partial charge in [-0.2, -0.15) is 0 Å². The molecule has 0 aliphatic heterocycles. The zero-order valence-electron chi connectivity index (χ0n) is 9.54. The molecule has 0 fully saturated rings. The molecule has 0 spiro atoms. The van der Waals surface area contributed by atoms with E-state index in [9.17, 15) is 0 Å².